The molecule has 0 unspecified atom stereocenters. The molecule has 78 valence electrons. The summed E-state index contributed by atoms with van der Waals surface area (Å²) < 4.78 is 10.7. The zero-order valence-corrected chi connectivity index (χ0v) is 10.0. The first-order chi connectivity index (χ1) is 6.72. The van der Waals surface area contributed by atoms with E-state index in [1.54, 1.807) is 0 Å². The molecule has 1 N–H and O–H groups in total. The number of nitrogens with one attached hydrogen (secondary N) is 1. The minimum Gasteiger partial charge on any atom is -0.469 e. The molecule has 0 saturated carbocycles. The van der Waals surface area contributed by atoms with Crippen LogP contribution in [0.2, 0.25) is 0 Å². The Balaban J connectivity index is 2.13. The molecule has 0 aromatic carbocycles. The summed E-state index contributed by atoms with van der Waals surface area (Å²) in [6.45, 7) is 1.24. The third-order valence-corrected chi connectivity index (χ3v) is 2.24. The number of esters is 1. The lowest BCUT2D eigenvalue weighted by atomic mass is 10.4. The summed E-state index contributed by atoms with van der Waals surface area (Å²) in [4.78, 5) is 10.7. The predicted octanol–water partition coefficient (Wildman–Crippen LogP) is 1.54. The molecular formula is C9H12INO3. The Hall–Kier alpha value is -0.560. The second kappa shape index (κ2) is 6.02. The van der Waals surface area contributed by atoms with Gasteiger partial charge in [-0.25, -0.2) is 0 Å². The molecule has 0 fully saturated rings. The lowest BCUT2D eigenvalue weighted by molar-refractivity contribution is -0.140. The summed E-state index contributed by atoms with van der Waals surface area (Å²) in [6, 6.07) is 3.81. The maximum absolute atomic E-state index is 10.7. The van der Waals surface area contributed by atoms with Crippen molar-refractivity contribution < 1.29 is 13.9 Å². The van der Waals surface area contributed by atoms with Gasteiger partial charge < -0.3 is 14.5 Å². The summed E-state index contributed by atoms with van der Waals surface area (Å²) in [6.07, 6.45) is 0.383. The van der Waals surface area contributed by atoms with Gasteiger partial charge in [0, 0.05) is 6.54 Å². The number of halogens is 1. The van der Waals surface area contributed by atoms with E-state index in [2.05, 4.69) is 32.6 Å². The second-order valence-corrected chi connectivity index (χ2v) is 3.77. The van der Waals surface area contributed by atoms with E-state index in [0.29, 0.717) is 19.5 Å². The smallest absolute Gasteiger partial charge is 0.306 e. The van der Waals surface area contributed by atoms with Crippen molar-refractivity contribution in [3.05, 3.63) is 21.7 Å². The maximum Gasteiger partial charge on any atom is 0.306 e. The van der Waals surface area contributed by atoms with Crippen molar-refractivity contribution in [2.24, 2.45) is 0 Å². The molecule has 0 spiro atoms. The van der Waals surface area contributed by atoms with Crippen molar-refractivity contribution in [1.29, 1.82) is 0 Å². The second-order valence-electron chi connectivity index (χ2n) is 2.71. The Labute approximate surface area is 96.1 Å². The summed E-state index contributed by atoms with van der Waals surface area (Å²) in [7, 11) is 1.39. The Morgan fingerprint density at radius 2 is 2.43 bits per heavy atom. The van der Waals surface area contributed by atoms with Crippen molar-refractivity contribution in [2.75, 3.05) is 13.7 Å². The molecule has 1 rings (SSSR count). The Bertz CT molecular complexity index is 298. The van der Waals surface area contributed by atoms with Gasteiger partial charge in [0.05, 0.1) is 20.1 Å². The van der Waals surface area contributed by atoms with Crippen LogP contribution in [0.25, 0.3) is 0 Å². The van der Waals surface area contributed by atoms with Crippen LogP contribution in [0.15, 0.2) is 16.5 Å². The molecule has 1 aromatic rings. The predicted molar refractivity (Wildman–Crippen MR) is 59.8 cm³/mol. The fourth-order valence-corrected chi connectivity index (χ4v) is 1.41. The van der Waals surface area contributed by atoms with Gasteiger partial charge >= 0.3 is 5.97 Å². The van der Waals surface area contributed by atoms with E-state index in [9.17, 15) is 4.79 Å². The van der Waals surface area contributed by atoms with Crippen LogP contribution in [0.4, 0.5) is 0 Å². The third kappa shape index (κ3) is 4.10. The molecule has 1 heterocycles. The zero-order chi connectivity index (χ0) is 10.4. The van der Waals surface area contributed by atoms with Crippen molar-refractivity contribution >= 4 is 28.6 Å². The molecule has 0 saturated heterocycles. The standard InChI is InChI=1S/C9H12INO3/c1-13-9(12)4-5-11-6-7-2-3-8(10)14-7/h2-3,11H,4-6H2,1H3. The van der Waals surface area contributed by atoms with Crippen LogP contribution >= 0.6 is 22.6 Å². The minimum absolute atomic E-state index is 0.202. The number of hydrogen-bond acceptors (Lipinski definition) is 4. The van der Waals surface area contributed by atoms with Gasteiger partial charge in [0.2, 0.25) is 0 Å². The van der Waals surface area contributed by atoms with E-state index in [-0.39, 0.29) is 5.97 Å². The first-order valence-electron chi connectivity index (χ1n) is 4.24. The number of hydrogen-bond donors (Lipinski definition) is 1. The Morgan fingerprint density at radius 1 is 1.64 bits per heavy atom. The minimum atomic E-state index is -0.202. The van der Waals surface area contributed by atoms with Crippen LogP contribution in [0.3, 0.4) is 0 Å². The van der Waals surface area contributed by atoms with Gasteiger partial charge in [-0.15, -0.1) is 0 Å². The summed E-state index contributed by atoms with van der Waals surface area (Å²) in [5.74, 6) is 0.672. The normalized spacial score (nSPS) is 10.1. The fraction of sp³-hybridized carbons (Fsp3) is 0.444. The molecule has 0 bridgehead atoms. The molecule has 0 amide bonds. The number of ether oxygens (including phenoxy) is 1. The Kier molecular flexibility index (Phi) is 4.95. The molecule has 5 heteroatoms. The largest absolute Gasteiger partial charge is 0.469 e. The molecule has 0 aliphatic heterocycles. The molecule has 1 aromatic heterocycles. The van der Waals surface area contributed by atoms with E-state index in [1.165, 1.54) is 7.11 Å². The van der Waals surface area contributed by atoms with Crippen molar-refractivity contribution in [3.8, 4) is 0 Å². The number of rotatable bonds is 5. The third-order valence-electron chi connectivity index (χ3n) is 1.66. The number of carbonyl (C=O) groups is 1. The molecule has 0 aliphatic carbocycles. The van der Waals surface area contributed by atoms with Gasteiger partial charge in [0.1, 0.15) is 5.76 Å². The lowest BCUT2D eigenvalue weighted by Gasteiger charge is -2.00. The van der Waals surface area contributed by atoms with Gasteiger partial charge in [0.15, 0.2) is 3.77 Å². The van der Waals surface area contributed by atoms with E-state index >= 15 is 0 Å². The van der Waals surface area contributed by atoms with Gasteiger partial charge in [0.25, 0.3) is 0 Å². The highest BCUT2D eigenvalue weighted by molar-refractivity contribution is 14.1. The number of methoxy groups -OCH3 is 1. The van der Waals surface area contributed by atoms with Gasteiger partial charge in [-0.1, -0.05) is 0 Å². The fourth-order valence-electron chi connectivity index (χ4n) is 0.951. The topological polar surface area (TPSA) is 51.5 Å². The van der Waals surface area contributed by atoms with Gasteiger partial charge in [-0.05, 0) is 34.7 Å². The van der Waals surface area contributed by atoms with Crippen LogP contribution in [-0.4, -0.2) is 19.6 Å². The van der Waals surface area contributed by atoms with Crippen LogP contribution in [0, 0.1) is 3.77 Å². The molecule has 14 heavy (non-hydrogen) atoms. The van der Waals surface area contributed by atoms with Crippen LogP contribution in [0.5, 0.6) is 0 Å². The SMILES string of the molecule is COC(=O)CCNCc1ccc(I)o1. The quantitative estimate of drug-likeness (QED) is 0.509. The Morgan fingerprint density at radius 3 is 3.00 bits per heavy atom. The number of carbonyl (C=O) groups excluding carboxylic acids is 1. The molecule has 0 aliphatic rings. The molecule has 0 radical (unpaired) electrons. The summed E-state index contributed by atoms with van der Waals surface area (Å²) in [5.41, 5.74) is 0. The maximum atomic E-state index is 10.7. The van der Waals surface area contributed by atoms with Crippen LogP contribution in [0.1, 0.15) is 12.2 Å². The van der Waals surface area contributed by atoms with Crippen LogP contribution in [-0.2, 0) is 16.1 Å². The first kappa shape index (κ1) is 11.5. The van der Waals surface area contributed by atoms with E-state index in [4.69, 9.17) is 4.42 Å². The molecular weight excluding hydrogens is 297 g/mol. The van der Waals surface area contributed by atoms with Crippen molar-refractivity contribution in [2.45, 2.75) is 13.0 Å². The zero-order valence-electron chi connectivity index (χ0n) is 7.88. The monoisotopic (exact) mass is 309 g/mol. The van der Waals surface area contributed by atoms with Crippen molar-refractivity contribution in [1.82, 2.24) is 5.32 Å². The van der Waals surface area contributed by atoms with E-state index in [0.717, 1.165) is 9.53 Å². The average molecular weight is 309 g/mol. The summed E-state index contributed by atoms with van der Waals surface area (Å²) >= 11 is 2.11. The van der Waals surface area contributed by atoms with Gasteiger partial charge in [-0.3, -0.25) is 4.79 Å². The average Bonchev–Trinajstić information content (AvgIpc) is 2.58. The highest BCUT2D eigenvalue weighted by Crippen LogP contribution is 2.09. The molecule has 4 nitrogen and oxygen atoms in total. The number of furan rings is 1. The van der Waals surface area contributed by atoms with E-state index < -0.39 is 0 Å². The summed E-state index contributed by atoms with van der Waals surface area (Å²) in [5, 5.41) is 3.08. The first-order valence-corrected chi connectivity index (χ1v) is 5.32. The van der Waals surface area contributed by atoms with E-state index in [1.807, 2.05) is 12.1 Å². The van der Waals surface area contributed by atoms with Crippen LogP contribution < -0.4 is 5.32 Å². The van der Waals surface area contributed by atoms with Crippen molar-refractivity contribution in [3.63, 3.8) is 0 Å². The highest BCUT2D eigenvalue weighted by atomic mass is 127. The lowest BCUT2D eigenvalue weighted by Crippen LogP contribution is -2.18. The highest BCUT2D eigenvalue weighted by Gasteiger charge is 2.01. The van der Waals surface area contributed by atoms with Gasteiger partial charge in [-0.2, -0.15) is 0 Å². The molecule has 0 atom stereocenters.